The van der Waals surface area contributed by atoms with Crippen LogP contribution < -0.4 is 19.5 Å². The molecule has 0 bridgehead atoms. The van der Waals surface area contributed by atoms with Gasteiger partial charge >= 0.3 is 6.03 Å². The highest BCUT2D eigenvalue weighted by atomic mass is 16.6. The van der Waals surface area contributed by atoms with Gasteiger partial charge in [0.2, 0.25) is 0 Å². The predicted octanol–water partition coefficient (Wildman–Crippen LogP) is 2.68. The van der Waals surface area contributed by atoms with Crippen molar-refractivity contribution in [1.29, 1.82) is 0 Å². The summed E-state index contributed by atoms with van der Waals surface area (Å²) in [5.41, 5.74) is 1.00. The van der Waals surface area contributed by atoms with Gasteiger partial charge in [0.1, 0.15) is 12.4 Å². The molecule has 0 spiro atoms. The fourth-order valence-electron chi connectivity index (χ4n) is 2.62. The monoisotopic (exact) mass is 342 g/mol. The normalized spacial score (nSPS) is 15.4. The Balaban J connectivity index is 1.49. The van der Waals surface area contributed by atoms with E-state index in [2.05, 4.69) is 5.32 Å². The van der Waals surface area contributed by atoms with Gasteiger partial charge in [-0.25, -0.2) is 4.79 Å². The molecule has 1 heterocycles. The van der Waals surface area contributed by atoms with E-state index >= 15 is 0 Å². The number of benzene rings is 2. The van der Waals surface area contributed by atoms with Crippen LogP contribution in [0.15, 0.2) is 48.5 Å². The molecular formula is C19H22N2O4. The summed E-state index contributed by atoms with van der Waals surface area (Å²) >= 11 is 0. The summed E-state index contributed by atoms with van der Waals surface area (Å²) in [4.78, 5) is 13.9. The highest BCUT2D eigenvalue weighted by molar-refractivity contribution is 5.73. The highest BCUT2D eigenvalue weighted by Crippen LogP contribution is 2.30. The Hall–Kier alpha value is -2.89. The summed E-state index contributed by atoms with van der Waals surface area (Å²) in [7, 11) is 3.38. The first kappa shape index (κ1) is 17.0. The molecule has 0 radical (unpaired) electrons. The van der Waals surface area contributed by atoms with E-state index in [1.54, 1.807) is 19.1 Å². The molecule has 2 amide bonds. The number of carbonyl (C=O) groups is 1. The second-order valence-electron chi connectivity index (χ2n) is 5.89. The molecule has 132 valence electrons. The number of carbonyl (C=O) groups excluding carboxylic acids is 1. The van der Waals surface area contributed by atoms with Crippen molar-refractivity contribution in [1.82, 2.24) is 10.2 Å². The summed E-state index contributed by atoms with van der Waals surface area (Å²) in [6.07, 6.45) is -0.205. The van der Waals surface area contributed by atoms with Crippen LogP contribution in [0.5, 0.6) is 17.2 Å². The van der Waals surface area contributed by atoms with Gasteiger partial charge in [0.25, 0.3) is 0 Å². The van der Waals surface area contributed by atoms with Crippen molar-refractivity contribution < 1.29 is 19.0 Å². The Morgan fingerprint density at radius 3 is 2.84 bits per heavy atom. The third-order valence-electron chi connectivity index (χ3n) is 3.95. The van der Waals surface area contributed by atoms with Crippen molar-refractivity contribution >= 4 is 6.03 Å². The number of hydrogen-bond donors (Lipinski definition) is 1. The molecular weight excluding hydrogens is 320 g/mol. The average Bonchev–Trinajstić information content (AvgIpc) is 2.66. The van der Waals surface area contributed by atoms with Crippen molar-refractivity contribution in [3.05, 3.63) is 54.1 Å². The van der Waals surface area contributed by atoms with E-state index in [1.165, 1.54) is 0 Å². The van der Waals surface area contributed by atoms with Crippen LogP contribution in [0.25, 0.3) is 0 Å². The van der Waals surface area contributed by atoms with Crippen molar-refractivity contribution in [2.24, 2.45) is 0 Å². The standard InChI is InChI=1S/C19H22N2O4/c1-21(12-14-6-5-7-15(10-14)23-2)19(22)20-11-16-13-24-17-8-3-4-9-18(17)25-16/h3-10,16H,11-13H2,1-2H3,(H,20,22). The molecule has 25 heavy (non-hydrogen) atoms. The van der Waals surface area contributed by atoms with Crippen molar-refractivity contribution in [2.75, 3.05) is 27.3 Å². The zero-order valence-electron chi connectivity index (χ0n) is 14.4. The SMILES string of the molecule is COc1cccc(CN(C)C(=O)NCC2COc3ccccc3O2)c1. The second kappa shape index (κ2) is 7.79. The molecule has 2 aromatic rings. The largest absolute Gasteiger partial charge is 0.497 e. The van der Waals surface area contributed by atoms with Crippen LogP contribution in [-0.4, -0.2) is 44.3 Å². The van der Waals surface area contributed by atoms with Crippen molar-refractivity contribution in [3.8, 4) is 17.2 Å². The topological polar surface area (TPSA) is 60.0 Å². The van der Waals surface area contributed by atoms with Crippen LogP contribution in [-0.2, 0) is 6.54 Å². The lowest BCUT2D eigenvalue weighted by atomic mass is 10.2. The quantitative estimate of drug-likeness (QED) is 0.908. The first-order valence-corrected chi connectivity index (χ1v) is 8.16. The Labute approximate surface area is 147 Å². The van der Waals surface area contributed by atoms with Crippen molar-refractivity contribution in [3.63, 3.8) is 0 Å². The Morgan fingerprint density at radius 1 is 1.24 bits per heavy atom. The molecule has 0 saturated carbocycles. The lowest BCUT2D eigenvalue weighted by Gasteiger charge is -2.27. The van der Waals surface area contributed by atoms with Crippen LogP contribution >= 0.6 is 0 Å². The van der Waals surface area contributed by atoms with Gasteiger partial charge in [-0.2, -0.15) is 0 Å². The maximum absolute atomic E-state index is 12.3. The van der Waals surface area contributed by atoms with E-state index in [9.17, 15) is 4.79 Å². The summed E-state index contributed by atoms with van der Waals surface area (Å²) in [6.45, 7) is 1.29. The lowest BCUT2D eigenvalue weighted by molar-refractivity contribution is 0.0904. The molecule has 6 nitrogen and oxygen atoms in total. The zero-order valence-corrected chi connectivity index (χ0v) is 14.4. The van der Waals surface area contributed by atoms with Gasteiger partial charge in [-0.15, -0.1) is 0 Å². The molecule has 0 saturated heterocycles. The second-order valence-corrected chi connectivity index (χ2v) is 5.89. The molecule has 1 N–H and O–H groups in total. The fourth-order valence-corrected chi connectivity index (χ4v) is 2.62. The lowest BCUT2D eigenvalue weighted by Crippen LogP contribution is -2.44. The summed E-state index contributed by atoms with van der Waals surface area (Å²) in [5.74, 6) is 2.22. The number of amides is 2. The Kier molecular flexibility index (Phi) is 5.28. The van der Waals surface area contributed by atoms with Crippen LogP contribution in [0.4, 0.5) is 4.79 Å². The van der Waals surface area contributed by atoms with E-state index < -0.39 is 0 Å². The smallest absolute Gasteiger partial charge is 0.317 e. The third-order valence-corrected chi connectivity index (χ3v) is 3.95. The number of fused-ring (bicyclic) bond motifs is 1. The third kappa shape index (κ3) is 4.35. The van der Waals surface area contributed by atoms with E-state index in [4.69, 9.17) is 14.2 Å². The number of nitrogens with zero attached hydrogens (tertiary/aromatic N) is 1. The minimum atomic E-state index is -0.205. The van der Waals surface area contributed by atoms with E-state index in [0.717, 1.165) is 17.1 Å². The van der Waals surface area contributed by atoms with E-state index in [0.29, 0.717) is 25.4 Å². The van der Waals surface area contributed by atoms with Crippen LogP contribution in [0.3, 0.4) is 0 Å². The molecule has 2 aromatic carbocycles. The molecule has 1 atom stereocenters. The molecule has 6 heteroatoms. The maximum atomic E-state index is 12.3. The number of rotatable bonds is 5. The molecule has 0 fully saturated rings. The van der Waals surface area contributed by atoms with Gasteiger partial charge in [-0.1, -0.05) is 24.3 Å². The minimum Gasteiger partial charge on any atom is -0.497 e. The van der Waals surface area contributed by atoms with Gasteiger partial charge < -0.3 is 24.4 Å². The number of hydrogen-bond acceptors (Lipinski definition) is 4. The number of urea groups is 1. The molecule has 1 aliphatic heterocycles. The number of nitrogens with one attached hydrogen (secondary N) is 1. The molecule has 1 aliphatic rings. The van der Waals surface area contributed by atoms with E-state index in [-0.39, 0.29) is 12.1 Å². The molecule has 3 rings (SSSR count). The maximum Gasteiger partial charge on any atom is 0.317 e. The molecule has 0 aliphatic carbocycles. The van der Waals surface area contributed by atoms with E-state index in [1.807, 2.05) is 48.5 Å². The first-order valence-electron chi connectivity index (χ1n) is 8.16. The minimum absolute atomic E-state index is 0.162. The average molecular weight is 342 g/mol. The first-order chi connectivity index (χ1) is 12.2. The van der Waals surface area contributed by atoms with Gasteiger partial charge in [-0.05, 0) is 29.8 Å². The van der Waals surface area contributed by atoms with Gasteiger partial charge in [0.05, 0.1) is 13.7 Å². The Morgan fingerprint density at radius 2 is 2.04 bits per heavy atom. The summed E-state index contributed by atoms with van der Waals surface area (Å²) in [5, 5.41) is 2.88. The van der Waals surface area contributed by atoms with Crippen LogP contribution in [0, 0.1) is 0 Å². The Bertz CT molecular complexity index is 735. The summed E-state index contributed by atoms with van der Waals surface area (Å²) in [6, 6.07) is 15.0. The zero-order chi connectivity index (χ0) is 17.6. The van der Waals surface area contributed by atoms with Gasteiger partial charge in [0.15, 0.2) is 17.6 Å². The summed E-state index contributed by atoms with van der Waals surface area (Å²) < 4.78 is 16.7. The number of ether oxygens (including phenoxy) is 3. The molecule has 0 aromatic heterocycles. The van der Waals surface area contributed by atoms with Crippen LogP contribution in [0.2, 0.25) is 0 Å². The number of methoxy groups -OCH3 is 1. The van der Waals surface area contributed by atoms with Gasteiger partial charge in [0, 0.05) is 13.6 Å². The van der Waals surface area contributed by atoms with Crippen molar-refractivity contribution in [2.45, 2.75) is 12.6 Å². The predicted molar refractivity (Wildman–Crippen MR) is 94.2 cm³/mol. The van der Waals surface area contributed by atoms with Crippen LogP contribution in [0.1, 0.15) is 5.56 Å². The fraction of sp³-hybridized carbons (Fsp3) is 0.316. The van der Waals surface area contributed by atoms with Gasteiger partial charge in [-0.3, -0.25) is 0 Å². The number of para-hydroxylation sites is 2. The highest BCUT2D eigenvalue weighted by Gasteiger charge is 2.21. The molecule has 1 unspecified atom stereocenters.